The minimum atomic E-state index is -1.41. The van der Waals surface area contributed by atoms with E-state index >= 15 is 0 Å². The van der Waals surface area contributed by atoms with Gasteiger partial charge in [-0.25, -0.2) is 8.42 Å². The largest absolute Gasteiger partial charge is 0.332 e. The quantitative estimate of drug-likeness (QED) is 0.693. The molecule has 0 aromatic rings. The number of hydrogen-bond acceptors (Lipinski definition) is 4. The van der Waals surface area contributed by atoms with E-state index < -0.39 is 21.6 Å². The van der Waals surface area contributed by atoms with Crippen LogP contribution in [0.25, 0.3) is 0 Å². The summed E-state index contributed by atoms with van der Waals surface area (Å²) in [6.07, 6.45) is 7.41. The molecule has 4 rings (SSSR count). The van der Waals surface area contributed by atoms with Crippen molar-refractivity contribution in [2.24, 2.45) is 23.7 Å². The summed E-state index contributed by atoms with van der Waals surface area (Å²) in [5.41, 5.74) is 0. The number of rotatable bonds is 5. The van der Waals surface area contributed by atoms with E-state index in [1.54, 1.807) is 9.80 Å². The lowest BCUT2D eigenvalue weighted by Gasteiger charge is -2.25. The molecule has 2 heterocycles. The van der Waals surface area contributed by atoms with E-state index in [2.05, 4.69) is 0 Å². The second-order valence-corrected chi connectivity index (χ2v) is 11.4. The van der Waals surface area contributed by atoms with Crippen LogP contribution in [0.5, 0.6) is 0 Å². The zero-order valence-corrected chi connectivity index (χ0v) is 17.5. The van der Waals surface area contributed by atoms with Crippen LogP contribution >= 0.6 is 0 Å². The van der Waals surface area contributed by atoms with Gasteiger partial charge in [0.1, 0.15) is 21.6 Å². The Kier molecular flexibility index (Phi) is 6.02. The number of nitrogens with zero attached hydrogens (tertiary/aromatic N) is 2. The normalized spacial score (nSPS) is 33.0. The molecule has 6 nitrogen and oxygen atoms in total. The molecule has 152 valence electrons. The highest BCUT2D eigenvalue weighted by Gasteiger charge is 2.47. The van der Waals surface area contributed by atoms with Gasteiger partial charge < -0.3 is 9.80 Å². The van der Waals surface area contributed by atoms with Crippen molar-refractivity contribution in [1.82, 2.24) is 9.80 Å². The second kappa shape index (κ2) is 8.31. The Labute approximate surface area is 166 Å². The van der Waals surface area contributed by atoms with Gasteiger partial charge in [-0.15, -0.1) is 0 Å². The molecule has 0 aromatic carbocycles. The summed E-state index contributed by atoms with van der Waals surface area (Å²) >= 11 is 0. The lowest BCUT2D eigenvalue weighted by molar-refractivity contribution is 0.229. The van der Waals surface area contributed by atoms with Crippen LogP contribution in [0, 0.1) is 23.7 Å². The molecule has 27 heavy (non-hydrogen) atoms. The topological polar surface area (TPSA) is 74.8 Å². The van der Waals surface area contributed by atoms with Gasteiger partial charge in [0.05, 0.1) is 0 Å². The third-order valence-corrected chi connectivity index (χ3v) is 9.60. The first-order chi connectivity index (χ1) is 13.0. The van der Waals surface area contributed by atoms with Gasteiger partial charge in [0, 0.05) is 37.7 Å². The Morgan fingerprint density at radius 3 is 2.15 bits per heavy atom. The van der Waals surface area contributed by atoms with Crippen molar-refractivity contribution in [1.29, 1.82) is 0 Å². The minimum Gasteiger partial charge on any atom is -0.332 e. The molecule has 0 aromatic heterocycles. The highest BCUT2D eigenvalue weighted by Crippen LogP contribution is 2.48. The smallest absolute Gasteiger partial charge is 0.311 e. The fraction of sp³-hybridized carbons (Fsp3) is 0.895. The van der Waals surface area contributed by atoms with Gasteiger partial charge >= 0.3 is 10.5 Å². The van der Waals surface area contributed by atoms with E-state index in [1.807, 2.05) is 0 Å². The van der Waals surface area contributed by atoms with Crippen LogP contribution < -0.4 is 0 Å². The van der Waals surface area contributed by atoms with Gasteiger partial charge in [-0.2, -0.15) is 0 Å². The molecule has 0 bridgehead atoms. The van der Waals surface area contributed by atoms with Crippen LogP contribution in [0.1, 0.15) is 44.9 Å². The molecule has 2 amide bonds. The number of hydrogen-bond donors (Lipinski definition) is 0. The van der Waals surface area contributed by atoms with Crippen molar-refractivity contribution in [3.05, 3.63) is 0 Å². The van der Waals surface area contributed by atoms with Gasteiger partial charge in [-0.05, 0) is 62.2 Å². The average molecular weight is 415 g/mol. The molecular formula is C19H30N2O4S2. The lowest BCUT2D eigenvalue weighted by atomic mass is 9.87. The number of carbonyl (C=O) groups is 2. The van der Waals surface area contributed by atoms with Gasteiger partial charge in [0.25, 0.3) is 0 Å². The van der Waals surface area contributed by atoms with E-state index in [-0.39, 0.29) is 10.5 Å². The Balaban J connectivity index is 1.20. The molecule has 2 saturated heterocycles. The van der Waals surface area contributed by atoms with Gasteiger partial charge in [-0.1, -0.05) is 6.42 Å². The summed E-state index contributed by atoms with van der Waals surface area (Å²) in [5, 5.41) is -0.373. The van der Waals surface area contributed by atoms with Crippen molar-refractivity contribution in [3.63, 3.8) is 0 Å². The van der Waals surface area contributed by atoms with Crippen LogP contribution in [0.15, 0.2) is 0 Å². The Bertz CT molecular complexity index is 646. The molecule has 8 heteroatoms. The van der Waals surface area contributed by atoms with Gasteiger partial charge in [-0.3, -0.25) is 9.59 Å². The zero-order valence-electron chi connectivity index (χ0n) is 15.8. The van der Waals surface area contributed by atoms with Crippen LogP contribution in [0.4, 0.5) is 9.59 Å². The van der Waals surface area contributed by atoms with Crippen LogP contribution in [-0.2, 0) is 21.6 Å². The molecule has 2 aliphatic heterocycles. The number of carbonyl (C=O) groups excluding carboxylic acids is 2. The van der Waals surface area contributed by atoms with Crippen molar-refractivity contribution in [2.45, 2.75) is 44.9 Å². The van der Waals surface area contributed by atoms with E-state index in [9.17, 15) is 18.0 Å². The standard InChI is InChI=1S/C19H30N2O4S2/c22-18(20-7-1-2-8-20)27(25)13-16-10-17(16)15-6-9-21(11-15)19(23)26(24)12-14-4-3-5-14/h14-17H,1-13H2. The fourth-order valence-corrected chi connectivity index (χ4v) is 7.48. The van der Waals surface area contributed by atoms with Gasteiger partial charge in [0.15, 0.2) is 0 Å². The Hall–Kier alpha value is -0.760. The Morgan fingerprint density at radius 2 is 1.48 bits per heavy atom. The SMILES string of the molecule is O=C(N1CCC(C2CC2CS(=O)C(=O)N2CCCC2)C1)S(=O)CC1CCC1. The maximum absolute atomic E-state index is 12.4. The highest BCUT2D eigenvalue weighted by molar-refractivity contribution is 8.00. The monoisotopic (exact) mass is 414 g/mol. The van der Waals surface area contributed by atoms with E-state index in [4.69, 9.17) is 0 Å². The molecule has 5 atom stereocenters. The first kappa shape index (κ1) is 19.6. The van der Waals surface area contributed by atoms with Crippen molar-refractivity contribution >= 4 is 32.1 Å². The van der Waals surface area contributed by atoms with Crippen LogP contribution in [0.2, 0.25) is 0 Å². The Morgan fingerprint density at radius 1 is 0.815 bits per heavy atom. The maximum atomic E-state index is 12.4. The zero-order chi connectivity index (χ0) is 19.0. The lowest BCUT2D eigenvalue weighted by Crippen LogP contribution is -2.34. The number of likely N-dealkylation sites (tertiary alicyclic amines) is 2. The van der Waals surface area contributed by atoms with Gasteiger partial charge in [0.2, 0.25) is 0 Å². The summed E-state index contributed by atoms with van der Waals surface area (Å²) in [6, 6.07) is 0. The first-order valence-electron chi connectivity index (χ1n) is 10.4. The van der Waals surface area contributed by atoms with Crippen molar-refractivity contribution in [2.75, 3.05) is 37.7 Å². The maximum Gasteiger partial charge on any atom is 0.311 e. The molecule has 4 fully saturated rings. The molecule has 0 radical (unpaired) electrons. The van der Waals surface area contributed by atoms with E-state index in [0.717, 1.165) is 51.6 Å². The van der Waals surface area contributed by atoms with E-state index in [0.29, 0.717) is 48.3 Å². The summed E-state index contributed by atoms with van der Waals surface area (Å²) in [5.74, 6) is 2.71. The molecule has 2 saturated carbocycles. The third kappa shape index (κ3) is 4.47. The van der Waals surface area contributed by atoms with Crippen molar-refractivity contribution < 1.29 is 18.0 Å². The second-order valence-electron chi connectivity index (χ2n) is 8.70. The molecular weight excluding hydrogens is 384 g/mol. The summed E-state index contributed by atoms with van der Waals surface area (Å²) in [4.78, 5) is 28.2. The third-order valence-electron chi connectivity index (χ3n) is 6.80. The van der Waals surface area contributed by atoms with Crippen molar-refractivity contribution in [3.8, 4) is 0 Å². The summed E-state index contributed by atoms with van der Waals surface area (Å²) in [7, 11) is -2.79. The molecule has 5 unspecified atom stereocenters. The predicted octanol–water partition coefficient (Wildman–Crippen LogP) is 2.58. The minimum absolute atomic E-state index is 0.186. The first-order valence-corrected chi connectivity index (χ1v) is 13.0. The molecule has 0 spiro atoms. The predicted molar refractivity (Wildman–Crippen MR) is 106 cm³/mol. The highest BCUT2D eigenvalue weighted by atomic mass is 32.2. The summed E-state index contributed by atoms with van der Waals surface area (Å²) in [6.45, 7) is 2.87. The van der Waals surface area contributed by atoms with Crippen LogP contribution in [0.3, 0.4) is 0 Å². The van der Waals surface area contributed by atoms with Crippen LogP contribution in [-0.4, -0.2) is 66.4 Å². The average Bonchev–Trinajstić information content (AvgIpc) is 3.07. The number of amides is 2. The van der Waals surface area contributed by atoms with E-state index in [1.165, 1.54) is 6.42 Å². The molecule has 0 N–H and O–H groups in total. The summed E-state index contributed by atoms with van der Waals surface area (Å²) < 4.78 is 24.6. The molecule has 4 aliphatic rings. The molecule has 2 aliphatic carbocycles. The fourth-order valence-electron chi connectivity index (χ4n) is 4.74.